The van der Waals surface area contributed by atoms with Gasteiger partial charge in [0, 0.05) is 23.9 Å². The van der Waals surface area contributed by atoms with E-state index in [0.29, 0.717) is 13.2 Å². The third-order valence-electron chi connectivity index (χ3n) is 7.00. The SMILES string of the molecule is CC(C)N1CC=C[C@]23S[C@@]4(C)/C=C\CCCCOC(=O)[C@H]4[C@H]2C(=O)N(CCO)C3C1=O. The van der Waals surface area contributed by atoms with Crippen LogP contribution in [0.3, 0.4) is 0 Å². The van der Waals surface area contributed by atoms with E-state index >= 15 is 0 Å². The number of allylic oxidation sites excluding steroid dienone is 1. The molecule has 1 N–H and O–H groups in total. The summed E-state index contributed by atoms with van der Waals surface area (Å²) in [5.41, 5.74) is 0. The Labute approximate surface area is 187 Å². The monoisotopic (exact) mass is 448 g/mol. The van der Waals surface area contributed by atoms with Gasteiger partial charge < -0.3 is 19.6 Å². The van der Waals surface area contributed by atoms with Crippen LogP contribution in [-0.2, 0) is 19.1 Å². The molecule has 2 saturated heterocycles. The molecule has 2 amide bonds. The van der Waals surface area contributed by atoms with Gasteiger partial charge in [0.2, 0.25) is 11.8 Å². The van der Waals surface area contributed by atoms with Gasteiger partial charge in [-0.25, -0.2) is 0 Å². The summed E-state index contributed by atoms with van der Waals surface area (Å²) in [6, 6.07) is -0.774. The predicted octanol–water partition coefficient (Wildman–Crippen LogP) is 1.76. The van der Waals surface area contributed by atoms with Crippen LogP contribution < -0.4 is 0 Å². The summed E-state index contributed by atoms with van der Waals surface area (Å²) in [4.78, 5) is 44.0. The molecule has 31 heavy (non-hydrogen) atoms. The topological polar surface area (TPSA) is 87.2 Å². The zero-order valence-electron chi connectivity index (χ0n) is 18.5. The van der Waals surface area contributed by atoms with Crippen molar-refractivity contribution in [1.82, 2.24) is 9.80 Å². The first kappa shape index (κ1) is 22.4. The zero-order chi connectivity index (χ0) is 22.4. The summed E-state index contributed by atoms with van der Waals surface area (Å²) in [5, 5.41) is 9.67. The Kier molecular flexibility index (Phi) is 5.98. The molecule has 0 saturated carbocycles. The van der Waals surface area contributed by atoms with Crippen LogP contribution in [0.1, 0.15) is 40.0 Å². The number of ether oxygens (including phenoxy) is 1. The van der Waals surface area contributed by atoms with E-state index in [1.165, 1.54) is 16.7 Å². The second-order valence-electron chi connectivity index (χ2n) is 9.30. The van der Waals surface area contributed by atoms with Crippen LogP contribution in [0.5, 0.6) is 0 Å². The Hall–Kier alpha value is -1.80. The van der Waals surface area contributed by atoms with Crippen LogP contribution >= 0.6 is 11.8 Å². The molecular weight excluding hydrogens is 416 g/mol. The molecule has 4 heterocycles. The molecule has 5 atom stereocenters. The number of likely N-dealkylation sites (tertiary alicyclic amines) is 1. The lowest BCUT2D eigenvalue weighted by atomic mass is 9.74. The maximum atomic E-state index is 13.7. The van der Waals surface area contributed by atoms with E-state index in [4.69, 9.17) is 4.74 Å². The number of hydrogen-bond donors (Lipinski definition) is 1. The highest BCUT2D eigenvalue weighted by Crippen LogP contribution is 2.65. The van der Waals surface area contributed by atoms with E-state index in [0.717, 1.165) is 19.3 Å². The van der Waals surface area contributed by atoms with E-state index in [2.05, 4.69) is 6.08 Å². The van der Waals surface area contributed by atoms with Crippen LogP contribution in [0.25, 0.3) is 0 Å². The standard InChI is InChI=1S/C23H32N2O5S/c1-15(2)24-11-8-10-23-16(19(27)25(12-13-26)18(23)20(24)28)17-21(29)30-14-7-5-4-6-9-22(17,3)31-23/h6,8-10,15-18,26H,4-5,7,11-14H2,1-3H3/b9-6-/t16-,17+,18?,22-,23-/m0/s1. The van der Waals surface area contributed by atoms with Crippen LogP contribution in [0.15, 0.2) is 24.3 Å². The number of carbonyl (C=O) groups is 3. The molecule has 170 valence electrons. The van der Waals surface area contributed by atoms with Gasteiger partial charge in [-0.05, 0) is 40.0 Å². The van der Waals surface area contributed by atoms with Gasteiger partial charge in [-0.15, -0.1) is 11.8 Å². The van der Waals surface area contributed by atoms with Crippen molar-refractivity contribution < 1.29 is 24.2 Å². The number of nitrogens with zero attached hydrogens (tertiary/aromatic N) is 2. The lowest BCUT2D eigenvalue weighted by molar-refractivity contribution is -0.154. The number of hydrogen-bond acceptors (Lipinski definition) is 6. The van der Waals surface area contributed by atoms with Gasteiger partial charge in [-0.3, -0.25) is 14.4 Å². The molecule has 1 spiro atoms. The average molecular weight is 449 g/mol. The minimum absolute atomic E-state index is 0.0232. The Morgan fingerprint density at radius 1 is 1.16 bits per heavy atom. The molecule has 8 heteroatoms. The number of thioether (sulfide) groups is 1. The molecule has 0 aromatic rings. The van der Waals surface area contributed by atoms with Gasteiger partial charge in [-0.1, -0.05) is 24.3 Å². The second-order valence-corrected chi connectivity index (χ2v) is 11.1. The first-order chi connectivity index (χ1) is 14.8. The molecule has 4 aliphatic rings. The molecule has 0 aromatic carbocycles. The summed E-state index contributed by atoms with van der Waals surface area (Å²) < 4.78 is 4.09. The van der Waals surface area contributed by atoms with Gasteiger partial charge in [0.1, 0.15) is 6.04 Å². The number of rotatable bonds is 3. The average Bonchev–Trinajstić information content (AvgIpc) is 3.02. The van der Waals surface area contributed by atoms with Crippen LogP contribution in [0, 0.1) is 11.8 Å². The maximum Gasteiger partial charge on any atom is 0.311 e. The first-order valence-corrected chi connectivity index (χ1v) is 12.0. The minimum atomic E-state index is -0.871. The van der Waals surface area contributed by atoms with E-state index in [9.17, 15) is 19.5 Å². The lowest BCUT2D eigenvalue weighted by Crippen LogP contribution is -2.55. The Balaban J connectivity index is 1.87. The molecule has 0 aliphatic carbocycles. The molecule has 4 aliphatic heterocycles. The van der Waals surface area contributed by atoms with Crippen molar-refractivity contribution in [2.75, 3.05) is 26.3 Å². The highest BCUT2D eigenvalue weighted by Gasteiger charge is 2.73. The van der Waals surface area contributed by atoms with Crippen molar-refractivity contribution >= 4 is 29.5 Å². The third-order valence-corrected chi connectivity index (χ3v) is 8.79. The van der Waals surface area contributed by atoms with Crippen molar-refractivity contribution in [3.05, 3.63) is 24.3 Å². The number of aliphatic hydroxyl groups is 1. The van der Waals surface area contributed by atoms with Crippen molar-refractivity contribution in [2.45, 2.75) is 61.6 Å². The molecule has 1 unspecified atom stereocenters. The molecular formula is C23H32N2O5S. The number of amides is 2. The normalized spacial score (nSPS) is 39.1. The van der Waals surface area contributed by atoms with Gasteiger partial charge in [0.25, 0.3) is 0 Å². The fourth-order valence-electron chi connectivity index (χ4n) is 5.63. The van der Waals surface area contributed by atoms with Gasteiger partial charge in [0.05, 0.1) is 29.8 Å². The first-order valence-electron chi connectivity index (χ1n) is 11.2. The lowest BCUT2D eigenvalue weighted by Gasteiger charge is -2.37. The number of fused-ring (bicyclic) bond motifs is 2. The van der Waals surface area contributed by atoms with Crippen molar-refractivity contribution in [2.24, 2.45) is 11.8 Å². The smallest absolute Gasteiger partial charge is 0.311 e. The number of aliphatic hydroxyl groups excluding tert-OH is 1. The zero-order valence-corrected chi connectivity index (χ0v) is 19.3. The van der Waals surface area contributed by atoms with E-state index < -0.39 is 27.4 Å². The largest absolute Gasteiger partial charge is 0.465 e. The highest BCUT2D eigenvalue weighted by atomic mass is 32.2. The van der Waals surface area contributed by atoms with Crippen LogP contribution in [0.2, 0.25) is 0 Å². The molecule has 7 nitrogen and oxygen atoms in total. The van der Waals surface area contributed by atoms with Crippen molar-refractivity contribution in [3.63, 3.8) is 0 Å². The number of carbonyl (C=O) groups excluding carboxylic acids is 3. The fraction of sp³-hybridized carbons (Fsp3) is 0.696. The summed E-state index contributed by atoms with van der Waals surface area (Å²) in [6.07, 6.45) is 10.7. The number of esters is 1. The molecule has 0 aromatic heterocycles. The highest BCUT2D eigenvalue weighted by molar-refractivity contribution is 8.02. The second kappa shape index (κ2) is 8.28. The summed E-state index contributed by atoms with van der Waals surface area (Å²) in [7, 11) is 0. The van der Waals surface area contributed by atoms with E-state index in [1.54, 1.807) is 4.90 Å². The van der Waals surface area contributed by atoms with Crippen molar-refractivity contribution in [1.29, 1.82) is 0 Å². The maximum absolute atomic E-state index is 13.7. The van der Waals surface area contributed by atoms with E-state index in [1.807, 2.05) is 39.0 Å². The molecule has 0 bridgehead atoms. The summed E-state index contributed by atoms with van der Waals surface area (Å²) in [6.45, 7) is 6.54. The molecule has 2 fully saturated rings. The van der Waals surface area contributed by atoms with Gasteiger partial charge >= 0.3 is 5.97 Å². The van der Waals surface area contributed by atoms with Crippen LogP contribution in [0.4, 0.5) is 0 Å². The third kappa shape index (κ3) is 3.42. The number of β-amino-alcohol motifs (C(OH)–C–C–N with tert-alkyl or cyclic N) is 1. The molecule has 4 rings (SSSR count). The summed E-state index contributed by atoms with van der Waals surface area (Å²) >= 11 is 1.54. The van der Waals surface area contributed by atoms with Gasteiger partial charge in [0.15, 0.2) is 0 Å². The Morgan fingerprint density at radius 3 is 2.65 bits per heavy atom. The summed E-state index contributed by atoms with van der Waals surface area (Å²) in [5.74, 6) is -2.13. The molecule has 0 radical (unpaired) electrons. The minimum Gasteiger partial charge on any atom is -0.465 e. The predicted molar refractivity (Wildman–Crippen MR) is 118 cm³/mol. The number of cyclic esters (lactones) is 1. The Bertz CT molecular complexity index is 827. The fourth-order valence-corrected chi connectivity index (χ4v) is 7.78. The van der Waals surface area contributed by atoms with Gasteiger partial charge in [-0.2, -0.15) is 0 Å². The van der Waals surface area contributed by atoms with Crippen molar-refractivity contribution in [3.8, 4) is 0 Å². The van der Waals surface area contributed by atoms with Crippen LogP contribution in [-0.4, -0.2) is 80.6 Å². The Morgan fingerprint density at radius 2 is 1.94 bits per heavy atom. The quantitative estimate of drug-likeness (QED) is 0.523. The van der Waals surface area contributed by atoms with E-state index in [-0.39, 0.29) is 37.0 Å².